The van der Waals surface area contributed by atoms with Gasteiger partial charge >= 0.3 is 5.97 Å². The molecule has 0 bridgehead atoms. The van der Waals surface area contributed by atoms with Crippen LogP contribution in [0.4, 0.5) is 11.4 Å². The molecule has 3 N–H and O–H groups in total. The quantitative estimate of drug-likeness (QED) is 0.611. The fraction of sp³-hybridized carbons (Fsp3) is 0.533. The highest BCUT2D eigenvalue weighted by atomic mass is 16.5. The van der Waals surface area contributed by atoms with Crippen LogP contribution in [-0.2, 0) is 4.74 Å². The van der Waals surface area contributed by atoms with E-state index in [2.05, 4.69) is 26.1 Å². The summed E-state index contributed by atoms with van der Waals surface area (Å²) in [6, 6.07) is 5.72. The standard InChI is InChI=1S/C15H24N2O2/c1-5-11(6-2)10(3)17-12-7-8-14(16)13(9-12)15(18)19-4/h7-11,17H,5-6,16H2,1-4H3. The lowest BCUT2D eigenvalue weighted by molar-refractivity contribution is 0.0602. The SMILES string of the molecule is CCC(CC)C(C)Nc1ccc(N)c(C(=O)OC)c1. The predicted molar refractivity (Wildman–Crippen MR) is 79.4 cm³/mol. The van der Waals surface area contributed by atoms with Gasteiger partial charge in [0.25, 0.3) is 0 Å². The highest BCUT2D eigenvalue weighted by molar-refractivity contribution is 5.96. The summed E-state index contributed by atoms with van der Waals surface area (Å²) in [7, 11) is 1.36. The summed E-state index contributed by atoms with van der Waals surface area (Å²) in [4.78, 5) is 11.6. The van der Waals surface area contributed by atoms with Crippen LogP contribution >= 0.6 is 0 Å². The van der Waals surface area contributed by atoms with E-state index >= 15 is 0 Å². The van der Waals surface area contributed by atoms with Crippen molar-refractivity contribution in [1.29, 1.82) is 0 Å². The molecule has 0 saturated heterocycles. The smallest absolute Gasteiger partial charge is 0.340 e. The zero-order valence-corrected chi connectivity index (χ0v) is 12.2. The summed E-state index contributed by atoms with van der Waals surface area (Å²) in [5.41, 5.74) is 7.52. The Labute approximate surface area is 115 Å². The fourth-order valence-corrected chi connectivity index (χ4v) is 2.31. The van der Waals surface area contributed by atoms with Crippen molar-refractivity contribution in [3.8, 4) is 0 Å². The van der Waals surface area contributed by atoms with Crippen molar-refractivity contribution in [1.82, 2.24) is 0 Å². The third-order valence-electron chi connectivity index (χ3n) is 3.61. The highest BCUT2D eigenvalue weighted by Crippen LogP contribution is 2.22. The summed E-state index contributed by atoms with van der Waals surface area (Å²) >= 11 is 0. The lowest BCUT2D eigenvalue weighted by Crippen LogP contribution is -2.25. The van der Waals surface area contributed by atoms with Crippen LogP contribution in [0.1, 0.15) is 44.0 Å². The van der Waals surface area contributed by atoms with Crippen LogP contribution in [0.25, 0.3) is 0 Å². The van der Waals surface area contributed by atoms with Crippen LogP contribution in [-0.4, -0.2) is 19.1 Å². The molecule has 4 heteroatoms. The van der Waals surface area contributed by atoms with Gasteiger partial charge in [-0.2, -0.15) is 0 Å². The first-order valence-electron chi connectivity index (χ1n) is 6.77. The minimum Gasteiger partial charge on any atom is -0.465 e. The van der Waals surface area contributed by atoms with Crippen molar-refractivity contribution in [2.45, 2.75) is 39.7 Å². The van der Waals surface area contributed by atoms with Gasteiger partial charge in [0.1, 0.15) is 0 Å². The number of nitrogens with one attached hydrogen (secondary N) is 1. The van der Waals surface area contributed by atoms with Crippen LogP contribution in [0.3, 0.4) is 0 Å². The Hall–Kier alpha value is -1.71. The normalized spacial score (nSPS) is 12.3. The third kappa shape index (κ3) is 3.88. The first-order valence-corrected chi connectivity index (χ1v) is 6.77. The molecule has 0 aromatic heterocycles. The van der Waals surface area contributed by atoms with Gasteiger partial charge in [-0.05, 0) is 31.0 Å². The summed E-state index contributed by atoms with van der Waals surface area (Å²) < 4.78 is 4.72. The third-order valence-corrected chi connectivity index (χ3v) is 3.61. The van der Waals surface area contributed by atoms with E-state index in [9.17, 15) is 4.79 Å². The fourth-order valence-electron chi connectivity index (χ4n) is 2.31. The van der Waals surface area contributed by atoms with E-state index in [1.54, 1.807) is 12.1 Å². The number of benzene rings is 1. The molecule has 1 atom stereocenters. The van der Waals surface area contributed by atoms with Crippen LogP contribution in [0, 0.1) is 5.92 Å². The molecule has 1 rings (SSSR count). The average Bonchev–Trinajstić information content (AvgIpc) is 2.41. The molecule has 1 aromatic rings. The number of rotatable bonds is 6. The molecule has 0 aliphatic carbocycles. The molecule has 1 unspecified atom stereocenters. The zero-order chi connectivity index (χ0) is 14.4. The van der Waals surface area contributed by atoms with Gasteiger partial charge in [-0.1, -0.05) is 26.7 Å². The number of ether oxygens (including phenoxy) is 1. The van der Waals surface area contributed by atoms with Gasteiger partial charge in [-0.3, -0.25) is 0 Å². The van der Waals surface area contributed by atoms with E-state index in [1.807, 2.05) is 6.07 Å². The highest BCUT2D eigenvalue weighted by Gasteiger charge is 2.15. The molecular weight excluding hydrogens is 240 g/mol. The van der Waals surface area contributed by atoms with E-state index in [4.69, 9.17) is 10.5 Å². The number of nitrogen functional groups attached to an aromatic ring is 1. The van der Waals surface area contributed by atoms with E-state index in [0.29, 0.717) is 23.2 Å². The number of esters is 1. The molecule has 0 radical (unpaired) electrons. The number of methoxy groups -OCH3 is 1. The minimum atomic E-state index is -0.406. The Morgan fingerprint density at radius 1 is 1.37 bits per heavy atom. The van der Waals surface area contributed by atoms with Crippen molar-refractivity contribution in [3.63, 3.8) is 0 Å². The van der Waals surface area contributed by atoms with Crippen molar-refractivity contribution in [2.24, 2.45) is 5.92 Å². The molecule has 19 heavy (non-hydrogen) atoms. The van der Waals surface area contributed by atoms with Crippen LogP contribution in [0.5, 0.6) is 0 Å². The summed E-state index contributed by atoms with van der Waals surface area (Å²) in [6.45, 7) is 6.54. The van der Waals surface area contributed by atoms with E-state index in [0.717, 1.165) is 18.5 Å². The number of hydrogen-bond acceptors (Lipinski definition) is 4. The van der Waals surface area contributed by atoms with Gasteiger partial charge in [-0.25, -0.2) is 4.79 Å². The zero-order valence-electron chi connectivity index (χ0n) is 12.2. The molecule has 0 fully saturated rings. The van der Waals surface area contributed by atoms with E-state index in [1.165, 1.54) is 7.11 Å². The minimum absolute atomic E-state index is 0.351. The van der Waals surface area contributed by atoms with Crippen molar-refractivity contribution >= 4 is 17.3 Å². The Kier molecular flexibility index (Phi) is 5.67. The molecule has 1 aromatic carbocycles. The summed E-state index contributed by atoms with van der Waals surface area (Å²) in [5, 5.41) is 3.43. The molecular formula is C15H24N2O2. The Balaban J connectivity index is 2.88. The maximum atomic E-state index is 11.6. The average molecular weight is 264 g/mol. The van der Waals surface area contributed by atoms with Crippen LogP contribution < -0.4 is 11.1 Å². The molecule has 0 spiro atoms. The van der Waals surface area contributed by atoms with Crippen molar-refractivity contribution < 1.29 is 9.53 Å². The number of carbonyl (C=O) groups excluding carboxylic acids is 1. The Morgan fingerprint density at radius 2 is 2.00 bits per heavy atom. The molecule has 0 saturated carbocycles. The van der Waals surface area contributed by atoms with Crippen LogP contribution in [0.15, 0.2) is 18.2 Å². The summed E-state index contributed by atoms with van der Waals surface area (Å²) in [5.74, 6) is 0.204. The number of hydrogen-bond donors (Lipinski definition) is 2. The second-order valence-corrected chi connectivity index (χ2v) is 4.80. The second-order valence-electron chi connectivity index (χ2n) is 4.80. The van der Waals surface area contributed by atoms with Gasteiger partial charge in [0, 0.05) is 17.4 Å². The molecule has 4 nitrogen and oxygen atoms in total. The van der Waals surface area contributed by atoms with Crippen LogP contribution in [0.2, 0.25) is 0 Å². The molecule has 0 aliphatic rings. The second kappa shape index (κ2) is 7.02. The maximum Gasteiger partial charge on any atom is 0.340 e. The number of anilines is 2. The Morgan fingerprint density at radius 3 is 2.53 bits per heavy atom. The molecule has 0 heterocycles. The van der Waals surface area contributed by atoms with E-state index < -0.39 is 5.97 Å². The molecule has 106 valence electrons. The molecule has 0 aliphatic heterocycles. The predicted octanol–water partition coefficient (Wildman–Crippen LogP) is 3.29. The lowest BCUT2D eigenvalue weighted by Gasteiger charge is -2.24. The first kappa shape index (κ1) is 15.3. The van der Waals surface area contributed by atoms with Gasteiger partial charge in [0.2, 0.25) is 0 Å². The summed E-state index contributed by atoms with van der Waals surface area (Å²) in [6.07, 6.45) is 2.26. The topological polar surface area (TPSA) is 64.3 Å². The lowest BCUT2D eigenvalue weighted by atomic mass is 9.95. The number of carbonyl (C=O) groups is 1. The Bertz CT molecular complexity index is 428. The number of nitrogens with two attached hydrogens (primary N) is 1. The maximum absolute atomic E-state index is 11.6. The van der Waals surface area contributed by atoms with E-state index in [-0.39, 0.29) is 0 Å². The van der Waals surface area contributed by atoms with Crippen molar-refractivity contribution in [3.05, 3.63) is 23.8 Å². The molecule has 0 amide bonds. The first-order chi connectivity index (χ1) is 9.03. The van der Waals surface area contributed by atoms with Gasteiger partial charge in [-0.15, -0.1) is 0 Å². The van der Waals surface area contributed by atoms with Gasteiger partial charge in [0.05, 0.1) is 12.7 Å². The van der Waals surface area contributed by atoms with Gasteiger partial charge in [0.15, 0.2) is 0 Å². The largest absolute Gasteiger partial charge is 0.465 e. The monoisotopic (exact) mass is 264 g/mol. The van der Waals surface area contributed by atoms with Crippen molar-refractivity contribution in [2.75, 3.05) is 18.2 Å². The van der Waals surface area contributed by atoms with Gasteiger partial charge < -0.3 is 15.8 Å².